The first-order valence-electron chi connectivity index (χ1n) is 15.4. The normalized spacial score (nSPS) is 15.1. The first kappa shape index (κ1) is 30.8. The van der Waals surface area contributed by atoms with Gasteiger partial charge in [-0.1, -0.05) is 78.9 Å². The zero-order valence-corrected chi connectivity index (χ0v) is 25.3. The van der Waals surface area contributed by atoms with Crippen LogP contribution in [0.3, 0.4) is 0 Å². The van der Waals surface area contributed by atoms with Crippen molar-refractivity contribution >= 4 is 11.8 Å². The Morgan fingerprint density at radius 2 is 1.43 bits per heavy atom. The molecule has 1 heterocycles. The SMILES string of the molecule is CC(=O)NCCc1ccccc1Oc1ccccc1CCC(=O)N1CCN(Cc2ccccc2)CC1Cc1ccc(O)cc1. The summed E-state index contributed by atoms with van der Waals surface area (Å²) < 4.78 is 6.39. The van der Waals surface area contributed by atoms with E-state index in [1.807, 2.05) is 66.7 Å². The molecule has 1 aliphatic rings. The van der Waals surface area contributed by atoms with Gasteiger partial charge in [0.2, 0.25) is 11.8 Å². The van der Waals surface area contributed by atoms with E-state index in [0.29, 0.717) is 32.4 Å². The van der Waals surface area contributed by atoms with Crippen LogP contribution in [0.1, 0.15) is 35.6 Å². The Morgan fingerprint density at radius 1 is 0.795 bits per heavy atom. The number of carbonyl (C=O) groups excluding carboxylic acids is 2. The zero-order chi connectivity index (χ0) is 30.7. The molecule has 0 aromatic heterocycles. The minimum absolute atomic E-state index is 0.0338. The lowest BCUT2D eigenvalue weighted by Crippen LogP contribution is -2.55. The predicted octanol–water partition coefficient (Wildman–Crippen LogP) is 5.75. The molecule has 0 bridgehead atoms. The molecule has 44 heavy (non-hydrogen) atoms. The number of hydrogen-bond donors (Lipinski definition) is 2. The Morgan fingerprint density at radius 3 is 2.11 bits per heavy atom. The standard InChI is InChI=1S/C37H41N3O4/c1-28(41)38-22-21-32-12-6-8-14-36(32)44-35-13-7-5-11-31(35)17-20-37(43)40-24-23-39(26-30-9-3-2-4-10-30)27-33(40)25-29-15-18-34(42)19-16-29/h2-16,18-19,33,42H,17,20-27H2,1H3,(H,38,41). The molecule has 5 rings (SSSR count). The van der Waals surface area contributed by atoms with E-state index in [-0.39, 0.29) is 23.6 Å². The summed E-state index contributed by atoms with van der Waals surface area (Å²) in [5.41, 5.74) is 4.36. The van der Waals surface area contributed by atoms with E-state index in [1.54, 1.807) is 12.1 Å². The van der Waals surface area contributed by atoms with Gasteiger partial charge in [-0.05, 0) is 65.8 Å². The Balaban J connectivity index is 1.26. The molecule has 4 aromatic rings. The molecule has 7 heteroatoms. The van der Waals surface area contributed by atoms with Crippen LogP contribution in [0.4, 0.5) is 0 Å². The molecule has 1 fully saturated rings. The number of phenols is 1. The van der Waals surface area contributed by atoms with Crippen LogP contribution in [0.2, 0.25) is 0 Å². The second kappa shape index (κ2) is 15.2. The van der Waals surface area contributed by atoms with E-state index < -0.39 is 0 Å². The summed E-state index contributed by atoms with van der Waals surface area (Å²) in [6.45, 7) is 5.19. The van der Waals surface area contributed by atoms with Gasteiger partial charge in [0.1, 0.15) is 17.2 Å². The molecule has 0 saturated carbocycles. The fourth-order valence-electron chi connectivity index (χ4n) is 5.81. The molecule has 1 saturated heterocycles. The van der Waals surface area contributed by atoms with Crippen molar-refractivity contribution in [3.8, 4) is 17.2 Å². The first-order valence-corrected chi connectivity index (χ1v) is 15.4. The monoisotopic (exact) mass is 591 g/mol. The largest absolute Gasteiger partial charge is 0.508 e. The minimum atomic E-state index is -0.0543. The van der Waals surface area contributed by atoms with Gasteiger partial charge in [-0.3, -0.25) is 14.5 Å². The summed E-state index contributed by atoms with van der Waals surface area (Å²) in [5, 5.41) is 12.6. The van der Waals surface area contributed by atoms with Gasteiger partial charge < -0.3 is 20.1 Å². The molecule has 228 valence electrons. The van der Waals surface area contributed by atoms with Gasteiger partial charge >= 0.3 is 0 Å². The van der Waals surface area contributed by atoms with Crippen molar-refractivity contribution in [2.45, 2.75) is 45.2 Å². The Bertz CT molecular complexity index is 1520. The molecule has 0 aliphatic carbocycles. The number of aromatic hydroxyl groups is 1. The number of amides is 2. The number of piperazine rings is 1. The number of benzene rings is 4. The van der Waals surface area contributed by atoms with Gasteiger partial charge in [0.05, 0.1) is 0 Å². The molecular formula is C37H41N3O4. The van der Waals surface area contributed by atoms with E-state index in [4.69, 9.17) is 4.74 Å². The molecule has 1 aliphatic heterocycles. The minimum Gasteiger partial charge on any atom is -0.508 e. The predicted molar refractivity (Wildman–Crippen MR) is 173 cm³/mol. The topological polar surface area (TPSA) is 82.1 Å². The van der Waals surface area contributed by atoms with E-state index >= 15 is 0 Å². The number of hydrogen-bond acceptors (Lipinski definition) is 5. The maximum Gasteiger partial charge on any atom is 0.223 e. The number of ether oxygens (including phenoxy) is 1. The molecule has 4 aromatic carbocycles. The molecular weight excluding hydrogens is 550 g/mol. The lowest BCUT2D eigenvalue weighted by molar-refractivity contribution is -0.136. The van der Waals surface area contributed by atoms with Gasteiger partial charge in [-0.2, -0.15) is 0 Å². The smallest absolute Gasteiger partial charge is 0.223 e. The highest BCUT2D eigenvalue weighted by Crippen LogP contribution is 2.30. The van der Waals surface area contributed by atoms with Crippen molar-refractivity contribution in [1.29, 1.82) is 0 Å². The molecule has 0 spiro atoms. The van der Waals surface area contributed by atoms with Gasteiger partial charge in [0, 0.05) is 52.1 Å². The highest BCUT2D eigenvalue weighted by Gasteiger charge is 2.30. The fraction of sp³-hybridized carbons (Fsp3) is 0.297. The number of phenolic OH excluding ortho intramolecular Hbond substituents is 1. The van der Waals surface area contributed by atoms with Crippen LogP contribution in [0.25, 0.3) is 0 Å². The summed E-state index contributed by atoms with van der Waals surface area (Å²) in [4.78, 5) is 29.6. The molecule has 7 nitrogen and oxygen atoms in total. The second-order valence-electron chi connectivity index (χ2n) is 11.4. The molecule has 2 N–H and O–H groups in total. The van der Waals surface area contributed by atoms with Crippen molar-refractivity contribution in [2.24, 2.45) is 0 Å². The highest BCUT2D eigenvalue weighted by atomic mass is 16.5. The van der Waals surface area contributed by atoms with Gasteiger partial charge in [-0.15, -0.1) is 0 Å². The molecule has 2 amide bonds. The fourth-order valence-corrected chi connectivity index (χ4v) is 5.81. The lowest BCUT2D eigenvalue weighted by atomic mass is 10.00. The summed E-state index contributed by atoms with van der Waals surface area (Å²) >= 11 is 0. The summed E-state index contributed by atoms with van der Waals surface area (Å²) in [7, 11) is 0. The van der Waals surface area contributed by atoms with Crippen LogP contribution < -0.4 is 10.1 Å². The van der Waals surface area contributed by atoms with E-state index in [1.165, 1.54) is 12.5 Å². The number of nitrogens with one attached hydrogen (secondary N) is 1. The van der Waals surface area contributed by atoms with Crippen molar-refractivity contribution in [1.82, 2.24) is 15.1 Å². The van der Waals surface area contributed by atoms with Crippen molar-refractivity contribution in [2.75, 3.05) is 26.2 Å². The maximum absolute atomic E-state index is 13.8. The van der Waals surface area contributed by atoms with E-state index in [0.717, 1.165) is 54.2 Å². The third kappa shape index (κ3) is 8.71. The zero-order valence-electron chi connectivity index (χ0n) is 25.3. The summed E-state index contributed by atoms with van der Waals surface area (Å²) in [6.07, 6.45) is 2.34. The van der Waals surface area contributed by atoms with Crippen LogP contribution in [0, 0.1) is 0 Å². The molecule has 0 radical (unpaired) electrons. The van der Waals surface area contributed by atoms with E-state index in [9.17, 15) is 14.7 Å². The Hall–Kier alpha value is -4.62. The highest BCUT2D eigenvalue weighted by molar-refractivity contribution is 5.77. The number of carbonyl (C=O) groups is 2. The summed E-state index contributed by atoms with van der Waals surface area (Å²) in [6, 6.07) is 33.5. The Labute approximate surface area is 260 Å². The molecule has 1 atom stereocenters. The lowest BCUT2D eigenvalue weighted by Gasteiger charge is -2.42. The third-order valence-electron chi connectivity index (χ3n) is 8.09. The maximum atomic E-state index is 13.8. The number of rotatable bonds is 12. The summed E-state index contributed by atoms with van der Waals surface area (Å²) in [5.74, 6) is 1.81. The molecule has 1 unspecified atom stereocenters. The van der Waals surface area contributed by atoms with Crippen LogP contribution in [0.15, 0.2) is 103 Å². The van der Waals surface area contributed by atoms with Gasteiger partial charge in [0.25, 0.3) is 0 Å². The van der Waals surface area contributed by atoms with Crippen LogP contribution in [0.5, 0.6) is 17.2 Å². The van der Waals surface area contributed by atoms with Gasteiger partial charge in [-0.25, -0.2) is 0 Å². The first-order chi connectivity index (χ1) is 21.4. The van der Waals surface area contributed by atoms with Crippen LogP contribution in [-0.2, 0) is 35.4 Å². The third-order valence-corrected chi connectivity index (χ3v) is 8.09. The number of aryl methyl sites for hydroxylation is 1. The van der Waals surface area contributed by atoms with Crippen LogP contribution >= 0.6 is 0 Å². The van der Waals surface area contributed by atoms with E-state index in [2.05, 4.69) is 39.4 Å². The average Bonchev–Trinajstić information content (AvgIpc) is 3.03. The van der Waals surface area contributed by atoms with Crippen molar-refractivity contribution < 1.29 is 19.4 Å². The van der Waals surface area contributed by atoms with Crippen LogP contribution in [-0.4, -0.2) is 58.9 Å². The van der Waals surface area contributed by atoms with Crippen molar-refractivity contribution in [3.63, 3.8) is 0 Å². The quantitative estimate of drug-likeness (QED) is 0.219. The van der Waals surface area contributed by atoms with Crippen molar-refractivity contribution in [3.05, 3.63) is 125 Å². The van der Waals surface area contributed by atoms with Gasteiger partial charge in [0.15, 0.2) is 0 Å². The number of nitrogens with zero attached hydrogens (tertiary/aromatic N) is 2. The second-order valence-corrected chi connectivity index (χ2v) is 11.4. The Kier molecular flexibility index (Phi) is 10.7. The number of para-hydroxylation sites is 2. The average molecular weight is 592 g/mol.